The summed E-state index contributed by atoms with van der Waals surface area (Å²) in [5.74, 6) is 0.120. The highest BCUT2D eigenvalue weighted by atomic mass is 16.2. The summed E-state index contributed by atoms with van der Waals surface area (Å²) in [6.07, 6.45) is 4.88. The summed E-state index contributed by atoms with van der Waals surface area (Å²) in [7, 11) is 0. The Morgan fingerprint density at radius 3 is 2.55 bits per heavy atom. The van der Waals surface area contributed by atoms with Gasteiger partial charge in [-0.1, -0.05) is 44.2 Å². The van der Waals surface area contributed by atoms with E-state index >= 15 is 0 Å². The molecule has 1 amide bonds. The van der Waals surface area contributed by atoms with Crippen molar-refractivity contribution in [3.63, 3.8) is 0 Å². The van der Waals surface area contributed by atoms with Crippen molar-refractivity contribution in [2.45, 2.75) is 57.5 Å². The summed E-state index contributed by atoms with van der Waals surface area (Å²) in [5.41, 5.74) is 7.35. The molecule has 1 aromatic rings. The summed E-state index contributed by atoms with van der Waals surface area (Å²) in [6, 6.07) is 9.60. The Morgan fingerprint density at radius 2 is 1.95 bits per heavy atom. The van der Waals surface area contributed by atoms with E-state index in [2.05, 4.69) is 18.7 Å². The van der Waals surface area contributed by atoms with Crippen LogP contribution in [0.4, 0.5) is 0 Å². The third-order valence-electron chi connectivity index (χ3n) is 4.79. The van der Waals surface area contributed by atoms with Crippen molar-refractivity contribution in [2.24, 2.45) is 5.73 Å². The van der Waals surface area contributed by atoms with Crippen LogP contribution >= 0.6 is 0 Å². The van der Waals surface area contributed by atoms with Gasteiger partial charge in [0.15, 0.2) is 0 Å². The highest BCUT2D eigenvalue weighted by molar-refractivity contribution is 5.83. The first-order chi connectivity index (χ1) is 9.63. The average molecular weight is 274 g/mol. The number of likely N-dealkylation sites (tertiary alicyclic amines) is 1. The van der Waals surface area contributed by atoms with Crippen LogP contribution in [0.1, 0.15) is 45.1 Å². The van der Waals surface area contributed by atoms with Gasteiger partial charge in [0.1, 0.15) is 0 Å². The minimum absolute atomic E-state index is 0.0470. The van der Waals surface area contributed by atoms with Crippen molar-refractivity contribution in [3.8, 4) is 0 Å². The molecular weight excluding hydrogens is 248 g/mol. The average Bonchev–Trinajstić information content (AvgIpc) is 2.91. The van der Waals surface area contributed by atoms with E-state index in [0.29, 0.717) is 6.42 Å². The van der Waals surface area contributed by atoms with Crippen LogP contribution in [-0.4, -0.2) is 28.9 Å². The van der Waals surface area contributed by atoms with E-state index in [-0.39, 0.29) is 11.4 Å². The molecule has 3 heteroatoms. The van der Waals surface area contributed by atoms with Crippen molar-refractivity contribution < 1.29 is 4.79 Å². The SMILES string of the molecule is CCC1(CC)CCCN1C(=O)[C@@H](N)Cc1ccccc1. The van der Waals surface area contributed by atoms with E-state index in [4.69, 9.17) is 5.73 Å². The maximum Gasteiger partial charge on any atom is 0.240 e. The smallest absolute Gasteiger partial charge is 0.240 e. The minimum atomic E-state index is -0.423. The van der Waals surface area contributed by atoms with Gasteiger partial charge in [-0.25, -0.2) is 0 Å². The van der Waals surface area contributed by atoms with Crippen LogP contribution in [-0.2, 0) is 11.2 Å². The fourth-order valence-corrected chi connectivity index (χ4v) is 3.42. The second kappa shape index (κ2) is 6.40. The molecule has 1 atom stereocenters. The van der Waals surface area contributed by atoms with Gasteiger partial charge < -0.3 is 10.6 Å². The number of carbonyl (C=O) groups is 1. The molecule has 0 aromatic heterocycles. The Bertz CT molecular complexity index is 440. The molecule has 0 aliphatic carbocycles. The third-order valence-corrected chi connectivity index (χ3v) is 4.79. The fraction of sp³-hybridized carbons (Fsp3) is 0.588. The first-order valence-corrected chi connectivity index (χ1v) is 7.74. The highest BCUT2D eigenvalue weighted by Crippen LogP contribution is 2.35. The lowest BCUT2D eigenvalue weighted by Gasteiger charge is -2.38. The number of nitrogens with zero attached hydrogens (tertiary/aromatic N) is 1. The van der Waals surface area contributed by atoms with Crippen molar-refractivity contribution in [1.82, 2.24) is 4.90 Å². The molecule has 20 heavy (non-hydrogen) atoms. The molecular formula is C17H26N2O. The normalized spacial score (nSPS) is 19.1. The predicted molar refractivity (Wildman–Crippen MR) is 82.4 cm³/mol. The molecule has 110 valence electrons. The first kappa shape index (κ1) is 15.0. The zero-order valence-corrected chi connectivity index (χ0v) is 12.6. The topological polar surface area (TPSA) is 46.3 Å². The van der Waals surface area contributed by atoms with Crippen molar-refractivity contribution in [3.05, 3.63) is 35.9 Å². The number of nitrogens with two attached hydrogens (primary N) is 1. The molecule has 1 aliphatic heterocycles. The second-order valence-corrected chi connectivity index (χ2v) is 5.82. The van der Waals surface area contributed by atoms with Crippen LogP contribution < -0.4 is 5.73 Å². The van der Waals surface area contributed by atoms with Crippen molar-refractivity contribution in [2.75, 3.05) is 6.54 Å². The lowest BCUT2D eigenvalue weighted by molar-refractivity contribution is -0.137. The van der Waals surface area contributed by atoms with Gasteiger partial charge in [-0.3, -0.25) is 4.79 Å². The van der Waals surface area contributed by atoms with Gasteiger partial charge in [-0.2, -0.15) is 0 Å². The van der Waals surface area contributed by atoms with Gasteiger partial charge >= 0.3 is 0 Å². The molecule has 2 N–H and O–H groups in total. The minimum Gasteiger partial charge on any atom is -0.336 e. The molecule has 2 rings (SSSR count). The fourth-order valence-electron chi connectivity index (χ4n) is 3.42. The quantitative estimate of drug-likeness (QED) is 0.897. The molecule has 1 aliphatic rings. The van der Waals surface area contributed by atoms with Crippen LogP contribution in [0.2, 0.25) is 0 Å². The van der Waals surface area contributed by atoms with E-state index in [9.17, 15) is 4.79 Å². The highest BCUT2D eigenvalue weighted by Gasteiger charge is 2.41. The molecule has 1 heterocycles. The molecule has 1 saturated heterocycles. The van der Waals surface area contributed by atoms with Gasteiger partial charge in [-0.15, -0.1) is 0 Å². The Labute approximate surface area is 122 Å². The molecule has 0 spiro atoms. The molecule has 0 saturated carbocycles. The number of amides is 1. The molecule has 0 radical (unpaired) electrons. The van der Waals surface area contributed by atoms with Crippen LogP contribution in [0, 0.1) is 0 Å². The predicted octanol–water partition coefficient (Wildman–Crippen LogP) is 2.74. The van der Waals surface area contributed by atoms with Crippen molar-refractivity contribution >= 4 is 5.91 Å². The van der Waals surface area contributed by atoms with Crippen LogP contribution in [0.15, 0.2) is 30.3 Å². The largest absolute Gasteiger partial charge is 0.336 e. The molecule has 1 fully saturated rings. The van der Waals surface area contributed by atoms with Gasteiger partial charge in [0.05, 0.1) is 6.04 Å². The zero-order chi connectivity index (χ0) is 14.6. The maximum atomic E-state index is 12.7. The number of hydrogen-bond donors (Lipinski definition) is 1. The molecule has 0 bridgehead atoms. The molecule has 0 unspecified atom stereocenters. The van der Waals surface area contributed by atoms with E-state index < -0.39 is 6.04 Å². The Kier molecular flexibility index (Phi) is 4.81. The Hall–Kier alpha value is -1.35. The standard InChI is InChI=1S/C17H26N2O/c1-3-17(4-2)11-8-12-19(17)16(20)15(18)13-14-9-6-5-7-10-14/h5-7,9-10,15H,3-4,8,11-13,18H2,1-2H3/t15-/m0/s1. The summed E-state index contributed by atoms with van der Waals surface area (Å²) < 4.78 is 0. The van der Waals surface area contributed by atoms with Crippen LogP contribution in [0.3, 0.4) is 0 Å². The van der Waals surface area contributed by atoms with E-state index in [1.54, 1.807) is 0 Å². The van der Waals surface area contributed by atoms with Gasteiger partial charge in [0.2, 0.25) is 5.91 Å². The Balaban J connectivity index is 2.06. The third kappa shape index (κ3) is 2.88. The first-order valence-electron chi connectivity index (χ1n) is 7.74. The molecule has 3 nitrogen and oxygen atoms in total. The lowest BCUT2D eigenvalue weighted by Crippen LogP contribution is -2.53. The number of rotatable bonds is 5. The maximum absolute atomic E-state index is 12.7. The van der Waals surface area contributed by atoms with Gasteiger partial charge in [0, 0.05) is 12.1 Å². The van der Waals surface area contributed by atoms with E-state index in [0.717, 1.165) is 37.8 Å². The number of carbonyl (C=O) groups excluding carboxylic acids is 1. The number of hydrogen-bond acceptors (Lipinski definition) is 2. The van der Waals surface area contributed by atoms with Crippen molar-refractivity contribution in [1.29, 1.82) is 0 Å². The number of benzene rings is 1. The lowest BCUT2D eigenvalue weighted by atomic mass is 9.89. The summed E-state index contributed by atoms with van der Waals surface area (Å²) in [4.78, 5) is 14.7. The summed E-state index contributed by atoms with van der Waals surface area (Å²) in [6.45, 7) is 5.22. The van der Waals surface area contributed by atoms with Gasteiger partial charge in [-0.05, 0) is 37.7 Å². The second-order valence-electron chi connectivity index (χ2n) is 5.82. The zero-order valence-electron chi connectivity index (χ0n) is 12.6. The van der Waals surface area contributed by atoms with Crippen LogP contribution in [0.5, 0.6) is 0 Å². The summed E-state index contributed by atoms with van der Waals surface area (Å²) in [5, 5.41) is 0. The van der Waals surface area contributed by atoms with E-state index in [1.165, 1.54) is 0 Å². The van der Waals surface area contributed by atoms with Crippen LogP contribution in [0.25, 0.3) is 0 Å². The Morgan fingerprint density at radius 1 is 1.30 bits per heavy atom. The van der Waals surface area contributed by atoms with Gasteiger partial charge in [0.25, 0.3) is 0 Å². The molecule has 1 aromatic carbocycles. The van der Waals surface area contributed by atoms with E-state index in [1.807, 2.05) is 30.3 Å². The summed E-state index contributed by atoms with van der Waals surface area (Å²) >= 11 is 0. The monoisotopic (exact) mass is 274 g/mol.